The molecule has 0 spiro atoms. The Hall–Kier alpha value is -3.55. The van der Waals surface area contributed by atoms with Crippen LogP contribution in [0.4, 0.5) is 16.3 Å². The second kappa shape index (κ2) is 6.16. The van der Waals surface area contributed by atoms with Gasteiger partial charge in [0.15, 0.2) is 0 Å². The molecule has 0 aliphatic rings. The third-order valence-corrected chi connectivity index (χ3v) is 3.70. The number of imidazole rings is 1. The predicted molar refractivity (Wildman–Crippen MR) is 92.6 cm³/mol. The molecule has 0 atom stereocenters. The molecule has 0 fully saturated rings. The third kappa shape index (κ3) is 2.97. The van der Waals surface area contributed by atoms with Crippen LogP contribution in [0.15, 0.2) is 54.9 Å². The highest BCUT2D eigenvalue weighted by Crippen LogP contribution is 2.23. The van der Waals surface area contributed by atoms with E-state index in [9.17, 15) is 4.39 Å². The van der Waals surface area contributed by atoms with Crippen molar-refractivity contribution < 1.29 is 4.39 Å². The van der Waals surface area contributed by atoms with Gasteiger partial charge in [-0.25, -0.2) is 19.3 Å². The van der Waals surface area contributed by atoms with Gasteiger partial charge < -0.3 is 11.1 Å². The summed E-state index contributed by atoms with van der Waals surface area (Å²) in [5.41, 5.74) is 7.85. The molecule has 2 heterocycles. The van der Waals surface area contributed by atoms with E-state index in [-0.39, 0.29) is 11.8 Å². The summed E-state index contributed by atoms with van der Waals surface area (Å²) in [6.07, 6.45) is 1.33. The van der Waals surface area contributed by atoms with E-state index in [0.717, 1.165) is 5.69 Å². The summed E-state index contributed by atoms with van der Waals surface area (Å²) in [6, 6.07) is 14.2. The van der Waals surface area contributed by atoms with Gasteiger partial charge in [-0.3, -0.25) is 4.57 Å². The predicted octanol–water partition coefficient (Wildman–Crippen LogP) is 2.54. The second-order valence-corrected chi connectivity index (χ2v) is 5.35. The first-order chi connectivity index (χ1) is 12.2. The number of nitrogen functional groups attached to an aromatic ring is 1. The van der Waals surface area contributed by atoms with E-state index >= 15 is 0 Å². The van der Waals surface area contributed by atoms with Crippen molar-refractivity contribution in [2.24, 2.45) is 0 Å². The van der Waals surface area contributed by atoms with E-state index < -0.39 is 0 Å². The van der Waals surface area contributed by atoms with Crippen molar-refractivity contribution in [2.45, 2.75) is 6.54 Å². The standard InChI is InChI=1S/C17H14FN7/c18-11-6-7-13-14(8-11)25(12-4-2-1-3-5-12)15(23-13)9-20-17-22-10-21-16(19)24-17/h1-8,10H,9H2,(H3,19,20,21,22,24). The lowest BCUT2D eigenvalue weighted by atomic mass is 10.2. The molecule has 0 amide bonds. The maximum Gasteiger partial charge on any atom is 0.227 e. The molecule has 4 rings (SSSR count). The van der Waals surface area contributed by atoms with Gasteiger partial charge in [0.25, 0.3) is 0 Å². The summed E-state index contributed by atoms with van der Waals surface area (Å²) in [5.74, 6) is 0.876. The summed E-state index contributed by atoms with van der Waals surface area (Å²) in [6.45, 7) is 0.342. The van der Waals surface area contributed by atoms with E-state index in [1.54, 1.807) is 6.07 Å². The van der Waals surface area contributed by atoms with E-state index in [0.29, 0.717) is 29.4 Å². The van der Waals surface area contributed by atoms with E-state index in [1.807, 2.05) is 34.9 Å². The van der Waals surface area contributed by atoms with Crippen molar-refractivity contribution in [3.8, 4) is 5.69 Å². The lowest BCUT2D eigenvalue weighted by Crippen LogP contribution is -2.10. The van der Waals surface area contributed by atoms with E-state index in [1.165, 1.54) is 18.5 Å². The number of nitrogens with two attached hydrogens (primary N) is 1. The average Bonchev–Trinajstić information content (AvgIpc) is 2.98. The molecule has 4 aromatic rings. The first kappa shape index (κ1) is 15.0. The SMILES string of the molecule is Nc1ncnc(NCc2nc3ccc(F)cc3n2-c2ccccc2)n1. The number of hydrogen-bond donors (Lipinski definition) is 2. The molecule has 0 aliphatic heterocycles. The van der Waals surface area contributed by atoms with Crippen molar-refractivity contribution in [3.05, 3.63) is 66.5 Å². The van der Waals surface area contributed by atoms with Gasteiger partial charge in [-0.15, -0.1) is 0 Å². The van der Waals surface area contributed by atoms with Gasteiger partial charge in [-0.05, 0) is 24.3 Å². The summed E-state index contributed by atoms with van der Waals surface area (Å²) >= 11 is 0. The number of para-hydroxylation sites is 1. The number of anilines is 2. The van der Waals surface area contributed by atoms with Crippen molar-refractivity contribution in [2.75, 3.05) is 11.1 Å². The van der Waals surface area contributed by atoms with Gasteiger partial charge in [-0.2, -0.15) is 4.98 Å². The molecule has 0 unspecified atom stereocenters. The Morgan fingerprint density at radius 2 is 1.88 bits per heavy atom. The van der Waals surface area contributed by atoms with Crippen LogP contribution < -0.4 is 11.1 Å². The molecule has 3 N–H and O–H groups in total. The fourth-order valence-corrected chi connectivity index (χ4v) is 2.63. The van der Waals surface area contributed by atoms with Crippen LogP contribution in [0.2, 0.25) is 0 Å². The highest BCUT2D eigenvalue weighted by atomic mass is 19.1. The zero-order chi connectivity index (χ0) is 17.2. The van der Waals surface area contributed by atoms with Crippen LogP contribution in [-0.2, 0) is 6.54 Å². The van der Waals surface area contributed by atoms with Crippen LogP contribution >= 0.6 is 0 Å². The molecule has 0 bridgehead atoms. The zero-order valence-electron chi connectivity index (χ0n) is 13.1. The van der Waals surface area contributed by atoms with Crippen LogP contribution in [0, 0.1) is 5.82 Å². The second-order valence-electron chi connectivity index (χ2n) is 5.35. The average molecular weight is 335 g/mol. The van der Waals surface area contributed by atoms with Gasteiger partial charge >= 0.3 is 0 Å². The smallest absolute Gasteiger partial charge is 0.227 e. The van der Waals surface area contributed by atoms with Crippen molar-refractivity contribution >= 4 is 22.9 Å². The quantitative estimate of drug-likeness (QED) is 0.595. The summed E-state index contributed by atoms with van der Waals surface area (Å²) < 4.78 is 15.6. The number of hydrogen-bond acceptors (Lipinski definition) is 6. The van der Waals surface area contributed by atoms with Gasteiger partial charge in [0, 0.05) is 11.8 Å². The normalized spacial score (nSPS) is 10.9. The van der Waals surface area contributed by atoms with Crippen LogP contribution in [0.3, 0.4) is 0 Å². The largest absolute Gasteiger partial charge is 0.368 e. The number of halogens is 1. The Bertz CT molecular complexity index is 1030. The molecule has 2 aromatic carbocycles. The first-order valence-corrected chi connectivity index (χ1v) is 7.61. The minimum atomic E-state index is -0.311. The fraction of sp³-hybridized carbons (Fsp3) is 0.0588. The number of nitrogens with zero attached hydrogens (tertiary/aromatic N) is 5. The Morgan fingerprint density at radius 3 is 2.68 bits per heavy atom. The Kier molecular flexibility index (Phi) is 3.70. The molecule has 8 heteroatoms. The van der Waals surface area contributed by atoms with Crippen LogP contribution in [0.1, 0.15) is 5.82 Å². The van der Waals surface area contributed by atoms with Gasteiger partial charge in [0.05, 0.1) is 17.6 Å². The van der Waals surface area contributed by atoms with Crippen LogP contribution in [0.25, 0.3) is 16.7 Å². The Labute approximate surface area is 142 Å². The van der Waals surface area contributed by atoms with Gasteiger partial charge in [0.1, 0.15) is 18.0 Å². The molecular formula is C17H14FN7. The lowest BCUT2D eigenvalue weighted by Gasteiger charge is -2.10. The number of nitrogens with one attached hydrogen (secondary N) is 1. The van der Waals surface area contributed by atoms with Crippen LogP contribution in [0.5, 0.6) is 0 Å². The lowest BCUT2D eigenvalue weighted by molar-refractivity contribution is 0.629. The molecule has 0 aliphatic carbocycles. The molecule has 124 valence electrons. The highest BCUT2D eigenvalue weighted by molar-refractivity contribution is 5.78. The molecule has 25 heavy (non-hydrogen) atoms. The molecule has 7 nitrogen and oxygen atoms in total. The van der Waals surface area contributed by atoms with E-state index in [2.05, 4.69) is 25.3 Å². The molecule has 0 saturated heterocycles. The van der Waals surface area contributed by atoms with Gasteiger partial charge in [-0.1, -0.05) is 18.2 Å². The first-order valence-electron chi connectivity index (χ1n) is 7.61. The molecule has 0 radical (unpaired) electrons. The Balaban J connectivity index is 1.77. The number of fused-ring (bicyclic) bond motifs is 1. The fourth-order valence-electron chi connectivity index (χ4n) is 2.63. The monoisotopic (exact) mass is 335 g/mol. The van der Waals surface area contributed by atoms with Crippen molar-refractivity contribution in [1.29, 1.82) is 0 Å². The summed E-state index contributed by atoms with van der Waals surface area (Å²) in [5, 5.41) is 3.07. The molecular weight excluding hydrogens is 321 g/mol. The topological polar surface area (TPSA) is 94.5 Å². The maximum absolute atomic E-state index is 13.7. The minimum Gasteiger partial charge on any atom is -0.368 e. The number of benzene rings is 2. The molecule has 2 aromatic heterocycles. The minimum absolute atomic E-state index is 0.135. The van der Waals surface area contributed by atoms with Crippen molar-refractivity contribution in [1.82, 2.24) is 24.5 Å². The number of rotatable bonds is 4. The Morgan fingerprint density at radius 1 is 1.04 bits per heavy atom. The van der Waals surface area contributed by atoms with Crippen molar-refractivity contribution in [3.63, 3.8) is 0 Å². The summed E-state index contributed by atoms with van der Waals surface area (Å²) in [4.78, 5) is 16.4. The maximum atomic E-state index is 13.7. The van der Waals surface area contributed by atoms with E-state index in [4.69, 9.17) is 5.73 Å². The molecule has 0 saturated carbocycles. The highest BCUT2D eigenvalue weighted by Gasteiger charge is 2.13. The number of aromatic nitrogens is 5. The summed E-state index contributed by atoms with van der Waals surface area (Å²) in [7, 11) is 0. The zero-order valence-corrected chi connectivity index (χ0v) is 13.1. The van der Waals surface area contributed by atoms with Gasteiger partial charge in [0.2, 0.25) is 11.9 Å². The van der Waals surface area contributed by atoms with Crippen LogP contribution in [-0.4, -0.2) is 24.5 Å². The third-order valence-electron chi connectivity index (χ3n) is 3.70.